The number of benzene rings is 1. The molecule has 15 heavy (non-hydrogen) atoms. The summed E-state index contributed by atoms with van der Waals surface area (Å²) in [5, 5.41) is 3.56. The zero-order valence-corrected chi connectivity index (χ0v) is 9.29. The second kappa shape index (κ2) is 5.20. The Kier molecular flexibility index (Phi) is 3.92. The fraction of sp³-hybridized carbons (Fsp3) is 0.250. The van der Waals surface area contributed by atoms with Gasteiger partial charge >= 0.3 is 0 Å². The van der Waals surface area contributed by atoms with E-state index in [4.69, 9.17) is 0 Å². The highest BCUT2D eigenvalue weighted by Gasteiger charge is 2.08. The molecule has 0 aliphatic carbocycles. The molecule has 0 saturated carbocycles. The van der Waals surface area contributed by atoms with Gasteiger partial charge in [-0.2, -0.15) is 0 Å². The molecule has 1 amide bonds. The van der Waals surface area contributed by atoms with Gasteiger partial charge in [-0.05, 0) is 6.07 Å². The fourth-order valence-corrected chi connectivity index (χ4v) is 1.39. The molecule has 0 radical (unpaired) electrons. The van der Waals surface area contributed by atoms with Crippen molar-refractivity contribution in [1.29, 1.82) is 0 Å². The first-order valence-electron chi connectivity index (χ1n) is 5.11. The summed E-state index contributed by atoms with van der Waals surface area (Å²) < 4.78 is 0. The number of nitrogens with one attached hydrogen (secondary N) is 2. The van der Waals surface area contributed by atoms with Crippen molar-refractivity contribution in [3.8, 4) is 0 Å². The number of hydrogen-bond donors (Lipinski definition) is 2. The maximum atomic E-state index is 11.4. The molecular weight excluding hydrogens is 188 g/mol. The molecule has 1 aromatic heterocycles. The van der Waals surface area contributed by atoms with Crippen molar-refractivity contribution in [3.63, 3.8) is 0 Å². The molecule has 1 aromatic carbocycles. The molecule has 80 valence electrons. The second-order valence-electron chi connectivity index (χ2n) is 2.83. The van der Waals surface area contributed by atoms with Crippen LogP contribution in [0.3, 0.4) is 0 Å². The lowest BCUT2D eigenvalue weighted by Gasteiger charge is -1.95. The Balaban J connectivity index is 0.000000531. The summed E-state index contributed by atoms with van der Waals surface area (Å²) in [5.41, 5.74) is 1.68. The van der Waals surface area contributed by atoms with Crippen LogP contribution in [0.1, 0.15) is 24.2 Å². The number of rotatable bonds is 1. The Hall–Kier alpha value is -1.77. The lowest BCUT2D eigenvalue weighted by molar-refractivity contribution is 0.0965. The molecule has 0 unspecified atom stereocenters. The highest BCUT2D eigenvalue weighted by atomic mass is 16.1. The van der Waals surface area contributed by atoms with Crippen molar-refractivity contribution >= 4 is 16.8 Å². The van der Waals surface area contributed by atoms with Crippen molar-refractivity contribution in [2.24, 2.45) is 0 Å². The maximum Gasteiger partial charge on any atom is 0.253 e. The largest absolute Gasteiger partial charge is 0.360 e. The van der Waals surface area contributed by atoms with Gasteiger partial charge in [0, 0.05) is 24.1 Å². The Labute approximate surface area is 89.5 Å². The van der Waals surface area contributed by atoms with Crippen LogP contribution in [-0.4, -0.2) is 17.9 Å². The number of carbonyl (C=O) groups excluding carboxylic acids is 1. The van der Waals surface area contributed by atoms with Crippen molar-refractivity contribution in [1.82, 2.24) is 10.3 Å². The molecule has 1 heterocycles. The van der Waals surface area contributed by atoms with E-state index >= 15 is 0 Å². The van der Waals surface area contributed by atoms with E-state index in [1.807, 2.05) is 38.1 Å². The average molecular weight is 204 g/mol. The van der Waals surface area contributed by atoms with Gasteiger partial charge in [0.05, 0.1) is 5.56 Å². The van der Waals surface area contributed by atoms with Crippen LogP contribution in [0.2, 0.25) is 0 Å². The summed E-state index contributed by atoms with van der Waals surface area (Å²) >= 11 is 0. The van der Waals surface area contributed by atoms with Crippen LogP contribution >= 0.6 is 0 Å². The Morgan fingerprint density at radius 1 is 1.27 bits per heavy atom. The summed E-state index contributed by atoms with van der Waals surface area (Å²) in [5.74, 6) is -0.0579. The smallest absolute Gasteiger partial charge is 0.253 e. The van der Waals surface area contributed by atoms with E-state index < -0.39 is 0 Å². The SMILES string of the molecule is CC.CNC(=O)c1c[nH]c2ccccc12. The van der Waals surface area contributed by atoms with E-state index in [-0.39, 0.29) is 5.91 Å². The van der Waals surface area contributed by atoms with E-state index in [1.165, 1.54) is 0 Å². The predicted molar refractivity (Wildman–Crippen MR) is 63.0 cm³/mol. The second-order valence-corrected chi connectivity index (χ2v) is 2.83. The molecule has 0 fully saturated rings. The first kappa shape index (κ1) is 11.3. The molecule has 3 nitrogen and oxygen atoms in total. The first-order valence-corrected chi connectivity index (χ1v) is 5.11. The van der Waals surface area contributed by atoms with Gasteiger partial charge in [-0.1, -0.05) is 32.0 Å². The minimum atomic E-state index is -0.0579. The predicted octanol–water partition coefficient (Wildman–Crippen LogP) is 2.55. The van der Waals surface area contributed by atoms with Crippen LogP contribution in [0.15, 0.2) is 30.5 Å². The molecule has 0 atom stereocenters. The number of aromatic amines is 1. The van der Waals surface area contributed by atoms with Crippen LogP contribution in [0.5, 0.6) is 0 Å². The van der Waals surface area contributed by atoms with Crippen LogP contribution in [-0.2, 0) is 0 Å². The highest BCUT2D eigenvalue weighted by molar-refractivity contribution is 6.06. The van der Waals surface area contributed by atoms with Gasteiger partial charge in [0.25, 0.3) is 5.91 Å². The Morgan fingerprint density at radius 2 is 1.93 bits per heavy atom. The molecule has 2 N–H and O–H groups in total. The van der Waals surface area contributed by atoms with Gasteiger partial charge in [0.15, 0.2) is 0 Å². The zero-order valence-electron chi connectivity index (χ0n) is 9.29. The molecule has 2 rings (SSSR count). The van der Waals surface area contributed by atoms with E-state index in [0.29, 0.717) is 5.56 Å². The van der Waals surface area contributed by atoms with E-state index in [1.54, 1.807) is 13.2 Å². The van der Waals surface area contributed by atoms with Crippen LogP contribution < -0.4 is 5.32 Å². The van der Waals surface area contributed by atoms with Gasteiger partial charge in [-0.15, -0.1) is 0 Å². The highest BCUT2D eigenvalue weighted by Crippen LogP contribution is 2.16. The quantitative estimate of drug-likeness (QED) is 0.736. The number of hydrogen-bond acceptors (Lipinski definition) is 1. The van der Waals surface area contributed by atoms with E-state index in [9.17, 15) is 4.79 Å². The zero-order chi connectivity index (χ0) is 11.3. The van der Waals surface area contributed by atoms with Gasteiger partial charge in [0.2, 0.25) is 0 Å². The number of H-pyrrole nitrogens is 1. The molecule has 0 saturated heterocycles. The van der Waals surface area contributed by atoms with Gasteiger partial charge in [0.1, 0.15) is 0 Å². The van der Waals surface area contributed by atoms with Gasteiger partial charge < -0.3 is 10.3 Å². The maximum absolute atomic E-state index is 11.4. The normalized spacial score (nSPS) is 9.27. The number of amides is 1. The molecule has 0 bridgehead atoms. The molecule has 0 aliphatic heterocycles. The average Bonchev–Trinajstić information content (AvgIpc) is 2.74. The summed E-state index contributed by atoms with van der Waals surface area (Å²) in [7, 11) is 1.63. The van der Waals surface area contributed by atoms with Crippen molar-refractivity contribution < 1.29 is 4.79 Å². The Bertz CT molecular complexity index is 446. The van der Waals surface area contributed by atoms with Crippen LogP contribution in [0.25, 0.3) is 10.9 Å². The lowest BCUT2D eigenvalue weighted by atomic mass is 10.2. The Morgan fingerprint density at radius 3 is 2.60 bits per heavy atom. The van der Waals surface area contributed by atoms with Crippen molar-refractivity contribution in [3.05, 3.63) is 36.0 Å². The van der Waals surface area contributed by atoms with Crippen molar-refractivity contribution in [2.45, 2.75) is 13.8 Å². The molecule has 0 aliphatic rings. The molecular formula is C12H16N2O. The lowest BCUT2D eigenvalue weighted by Crippen LogP contribution is -2.17. The number of carbonyl (C=O) groups is 1. The number of para-hydroxylation sites is 1. The van der Waals surface area contributed by atoms with E-state index in [2.05, 4.69) is 10.3 Å². The monoisotopic (exact) mass is 204 g/mol. The standard InChI is InChI=1S/C10H10N2O.C2H6/c1-11-10(13)8-6-12-9-5-3-2-4-7(8)9;1-2/h2-6,12H,1H3,(H,11,13);1-2H3. The topological polar surface area (TPSA) is 44.9 Å². The summed E-state index contributed by atoms with van der Waals surface area (Å²) in [6.45, 7) is 4.00. The van der Waals surface area contributed by atoms with Crippen LogP contribution in [0, 0.1) is 0 Å². The van der Waals surface area contributed by atoms with Gasteiger partial charge in [-0.3, -0.25) is 4.79 Å². The first-order chi connectivity index (χ1) is 7.33. The third kappa shape index (κ3) is 2.18. The minimum absolute atomic E-state index is 0.0579. The summed E-state index contributed by atoms with van der Waals surface area (Å²) in [6, 6.07) is 7.73. The van der Waals surface area contributed by atoms with Gasteiger partial charge in [-0.25, -0.2) is 0 Å². The van der Waals surface area contributed by atoms with Crippen LogP contribution in [0.4, 0.5) is 0 Å². The molecule has 0 spiro atoms. The third-order valence-electron chi connectivity index (χ3n) is 2.06. The summed E-state index contributed by atoms with van der Waals surface area (Å²) in [6.07, 6.45) is 1.73. The fourth-order valence-electron chi connectivity index (χ4n) is 1.39. The minimum Gasteiger partial charge on any atom is -0.360 e. The van der Waals surface area contributed by atoms with Crippen molar-refractivity contribution in [2.75, 3.05) is 7.05 Å². The summed E-state index contributed by atoms with van der Waals surface area (Å²) in [4.78, 5) is 14.4. The number of fused-ring (bicyclic) bond motifs is 1. The number of aromatic nitrogens is 1. The van der Waals surface area contributed by atoms with E-state index in [0.717, 1.165) is 10.9 Å². The third-order valence-corrected chi connectivity index (χ3v) is 2.06. The molecule has 3 heteroatoms. The molecule has 2 aromatic rings.